The Hall–Kier alpha value is -3.19. The molecular formula is C22H25N3O4. The molecule has 1 saturated carbocycles. The molecule has 1 fully saturated rings. The van der Waals surface area contributed by atoms with E-state index in [2.05, 4.69) is 10.6 Å². The maximum Gasteiger partial charge on any atom is 0.252 e. The molecule has 0 bridgehead atoms. The van der Waals surface area contributed by atoms with Gasteiger partial charge in [-0.3, -0.25) is 14.4 Å². The summed E-state index contributed by atoms with van der Waals surface area (Å²) in [4.78, 5) is 37.0. The molecule has 0 aliphatic heterocycles. The van der Waals surface area contributed by atoms with Gasteiger partial charge >= 0.3 is 0 Å². The molecule has 7 heteroatoms. The molecule has 2 aromatic carbocycles. The number of nitrogens with one attached hydrogen (secondary N) is 2. The van der Waals surface area contributed by atoms with Crippen molar-refractivity contribution < 1.29 is 19.5 Å². The van der Waals surface area contributed by atoms with Gasteiger partial charge < -0.3 is 21.5 Å². The second-order valence-electron chi connectivity index (χ2n) is 7.32. The lowest BCUT2D eigenvalue weighted by atomic mass is 9.99. The van der Waals surface area contributed by atoms with Gasteiger partial charge in [-0.1, -0.05) is 61.4 Å². The van der Waals surface area contributed by atoms with Gasteiger partial charge in [0.05, 0.1) is 6.04 Å². The molecular weight excluding hydrogens is 370 g/mol. The van der Waals surface area contributed by atoms with Crippen molar-refractivity contribution in [2.24, 2.45) is 11.7 Å². The van der Waals surface area contributed by atoms with E-state index in [0.717, 1.165) is 12.8 Å². The Bertz CT molecular complexity index is 853. The average molecular weight is 395 g/mol. The van der Waals surface area contributed by atoms with Crippen molar-refractivity contribution in [3.8, 4) is 0 Å². The molecule has 3 rings (SSSR count). The summed E-state index contributed by atoms with van der Waals surface area (Å²) in [5, 5.41) is 16.0. The van der Waals surface area contributed by atoms with Gasteiger partial charge in [-0.25, -0.2) is 0 Å². The number of aliphatic hydroxyl groups is 1. The Kier molecular flexibility index (Phi) is 6.61. The zero-order valence-corrected chi connectivity index (χ0v) is 16.0. The smallest absolute Gasteiger partial charge is 0.252 e. The first-order valence-corrected chi connectivity index (χ1v) is 9.64. The van der Waals surface area contributed by atoms with Crippen molar-refractivity contribution in [3.05, 3.63) is 71.8 Å². The van der Waals surface area contributed by atoms with E-state index in [-0.39, 0.29) is 0 Å². The van der Waals surface area contributed by atoms with E-state index >= 15 is 0 Å². The third-order valence-corrected chi connectivity index (χ3v) is 4.99. The summed E-state index contributed by atoms with van der Waals surface area (Å²) in [5.41, 5.74) is 6.37. The highest BCUT2D eigenvalue weighted by molar-refractivity contribution is 5.95. The van der Waals surface area contributed by atoms with E-state index < -0.39 is 35.9 Å². The topological polar surface area (TPSA) is 122 Å². The second-order valence-corrected chi connectivity index (χ2v) is 7.32. The van der Waals surface area contributed by atoms with Gasteiger partial charge in [-0.05, 0) is 30.0 Å². The van der Waals surface area contributed by atoms with Gasteiger partial charge in [0.1, 0.15) is 6.04 Å². The zero-order chi connectivity index (χ0) is 20.8. The van der Waals surface area contributed by atoms with Gasteiger partial charge in [-0.2, -0.15) is 0 Å². The van der Waals surface area contributed by atoms with Crippen LogP contribution in [-0.4, -0.2) is 35.0 Å². The van der Waals surface area contributed by atoms with Crippen molar-refractivity contribution in [1.29, 1.82) is 0 Å². The monoisotopic (exact) mass is 395 g/mol. The molecule has 1 aliphatic rings. The molecule has 3 amide bonds. The first-order valence-electron chi connectivity index (χ1n) is 9.64. The molecule has 0 aromatic heterocycles. The Morgan fingerprint density at radius 1 is 0.966 bits per heavy atom. The number of hydrogen-bond donors (Lipinski definition) is 4. The average Bonchev–Trinajstić information content (AvgIpc) is 3.56. The molecule has 0 radical (unpaired) electrons. The zero-order valence-electron chi connectivity index (χ0n) is 16.0. The molecule has 0 saturated heterocycles. The van der Waals surface area contributed by atoms with Crippen LogP contribution in [0.15, 0.2) is 60.7 Å². The Labute approximate surface area is 169 Å². The number of carbonyl (C=O) groups excluding carboxylic acids is 3. The Balaban J connectivity index is 1.76. The summed E-state index contributed by atoms with van der Waals surface area (Å²) >= 11 is 0. The number of amides is 3. The first-order chi connectivity index (χ1) is 14.0. The number of nitrogens with two attached hydrogens (primary N) is 1. The van der Waals surface area contributed by atoms with E-state index in [1.165, 1.54) is 0 Å². The SMILES string of the molecule is NC(=O)[C@H](CC1CC1)NC(=O)[C@H](O)[C@@H](NC(=O)c1ccccc1)c1ccccc1. The van der Waals surface area contributed by atoms with E-state index in [1.54, 1.807) is 60.7 Å². The van der Waals surface area contributed by atoms with Crippen LogP contribution in [0.2, 0.25) is 0 Å². The summed E-state index contributed by atoms with van der Waals surface area (Å²) < 4.78 is 0. The van der Waals surface area contributed by atoms with Crippen LogP contribution >= 0.6 is 0 Å². The summed E-state index contributed by atoms with van der Waals surface area (Å²) in [6, 6.07) is 15.4. The predicted molar refractivity (Wildman–Crippen MR) is 108 cm³/mol. The highest BCUT2D eigenvalue weighted by Gasteiger charge is 2.34. The number of benzene rings is 2. The predicted octanol–water partition coefficient (Wildman–Crippen LogP) is 1.29. The summed E-state index contributed by atoms with van der Waals surface area (Å²) in [6.45, 7) is 0. The standard InChI is InChI=1S/C22H25N3O4/c23-20(27)17(13-14-11-12-14)24-22(29)19(26)18(15-7-3-1-4-8-15)25-21(28)16-9-5-2-6-10-16/h1-10,14,17-19,26H,11-13H2,(H2,23,27)(H,24,29)(H,25,28)/t17-,18-,19+/m0/s1. The van der Waals surface area contributed by atoms with Gasteiger partial charge in [0.15, 0.2) is 6.10 Å². The van der Waals surface area contributed by atoms with Gasteiger partial charge in [-0.15, -0.1) is 0 Å². The Morgan fingerprint density at radius 3 is 2.10 bits per heavy atom. The number of hydrogen-bond acceptors (Lipinski definition) is 4. The highest BCUT2D eigenvalue weighted by Crippen LogP contribution is 2.33. The summed E-state index contributed by atoms with van der Waals surface area (Å²) in [6.07, 6.45) is 0.871. The first kappa shape index (κ1) is 20.5. The van der Waals surface area contributed by atoms with Crippen LogP contribution in [0.3, 0.4) is 0 Å². The fraction of sp³-hybridized carbons (Fsp3) is 0.318. The second kappa shape index (κ2) is 9.34. The van der Waals surface area contributed by atoms with Gasteiger partial charge in [0, 0.05) is 5.56 Å². The van der Waals surface area contributed by atoms with Crippen molar-refractivity contribution in [1.82, 2.24) is 10.6 Å². The van der Waals surface area contributed by atoms with E-state index in [9.17, 15) is 19.5 Å². The molecule has 5 N–H and O–H groups in total. The van der Waals surface area contributed by atoms with Crippen molar-refractivity contribution in [2.45, 2.75) is 37.5 Å². The minimum absolute atomic E-state index is 0.368. The number of carbonyl (C=O) groups is 3. The molecule has 2 aromatic rings. The van der Waals surface area contributed by atoms with Crippen LogP contribution in [0.25, 0.3) is 0 Å². The lowest BCUT2D eigenvalue weighted by Gasteiger charge is -2.25. The van der Waals surface area contributed by atoms with Gasteiger partial charge in [0.25, 0.3) is 11.8 Å². The summed E-state index contributed by atoms with van der Waals surface area (Å²) in [7, 11) is 0. The third kappa shape index (κ3) is 5.65. The fourth-order valence-electron chi connectivity index (χ4n) is 3.16. The molecule has 29 heavy (non-hydrogen) atoms. The molecule has 152 valence electrons. The van der Waals surface area contributed by atoms with Crippen LogP contribution in [0.5, 0.6) is 0 Å². The lowest BCUT2D eigenvalue weighted by molar-refractivity contribution is -0.134. The van der Waals surface area contributed by atoms with Crippen molar-refractivity contribution in [2.75, 3.05) is 0 Å². The van der Waals surface area contributed by atoms with Crippen LogP contribution in [0.4, 0.5) is 0 Å². The maximum atomic E-state index is 12.7. The van der Waals surface area contributed by atoms with Crippen LogP contribution in [-0.2, 0) is 9.59 Å². The lowest BCUT2D eigenvalue weighted by Crippen LogP contribution is -2.51. The van der Waals surface area contributed by atoms with Crippen molar-refractivity contribution >= 4 is 17.7 Å². The molecule has 0 spiro atoms. The highest BCUT2D eigenvalue weighted by atomic mass is 16.3. The quantitative estimate of drug-likeness (QED) is 0.511. The van der Waals surface area contributed by atoms with Gasteiger partial charge in [0.2, 0.25) is 5.91 Å². The number of rotatable bonds is 9. The fourth-order valence-corrected chi connectivity index (χ4v) is 3.16. The van der Waals surface area contributed by atoms with E-state index in [4.69, 9.17) is 5.73 Å². The van der Waals surface area contributed by atoms with Crippen LogP contribution in [0.1, 0.15) is 41.2 Å². The minimum atomic E-state index is -1.59. The molecule has 0 heterocycles. The normalized spacial score (nSPS) is 16.3. The van der Waals surface area contributed by atoms with Crippen LogP contribution in [0, 0.1) is 5.92 Å². The minimum Gasteiger partial charge on any atom is -0.381 e. The number of aliphatic hydroxyl groups excluding tert-OH is 1. The third-order valence-electron chi connectivity index (χ3n) is 4.99. The number of primary amides is 1. The van der Waals surface area contributed by atoms with E-state index in [1.807, 2.05) is 0 Å². The maximum absolute atomic E-state index is 12.7. The molecule has 3 atom stereocenters. The largest absolute Gasteiger partial charge is 0.381 e. The Morgan fingerprint density at radius 2 is 1.55 bits per heavy atom. The molecule has 0 unspecified atom stereocenters. The summed E-state index contributed by atoms with van der Waals surface area (Å²) in [5.74, 6) is -1.44. The van der Waals surface area contributed by atoms with Crippen LogP contribution < -0.4 is 16.4 Å². The molecule has 1 aliphatic carbocycles. The van der Waals surface area contributed by atoms with Crippen molar-refractivity contribution in [3.63, 3.8) is 0 Å². The van der Waals surface area contributed by atoms with E-state index in [0.29, 0.717) is 23.5 Å². The molecule has 7 nitrogen and oxygen atoms in total.